The molecule has 1 atom stereocenters. The summed E-state index contributed by atoms with van der Waals surface area (Å²) in [6.45, 7) is 6.59. The van der Waals surface area contributed by atoms with E-state index in [1.165, 1.54) is 0 Å². The van der Waals surface area contributed by atoms with E-state index in [0.717, 1.165) is 13.1 Å². The van der Waals surface area contributed by atoms with Gasteiger partial charge in [0.2, 0.25) is 0 Å². The molecule has 0 fully saturated rings. The van der Waals surface area contributed by atoms with E-state index in [4.69, 9.17) is 5.11 Å². The summed E-state index contributed by atoms with van der Waals surface area (Å²) in [6, 6.07) is 0.338. The van der Waals surface area contributed by atoms with Crippen molar-refractivity contribution in [1.29, 1.82) is 0 Å². The Labute approximate surface area is 68.5 Å². The van der Waals surface area contributed by atoms with Gasteiger partial charge in [-0.2, -0.15) is 0 Å². The second-order valence-corrected chi connectivity index (χ2v) is 3.42. The first-order chi connectivity index (χ1) is 5.25. The van der Waals surface area contributed by atoms with Crippen molar-refractivity contribution in [3.63, 3.8) is 0 Å². The lowest BCUT2D eigenvalue weighted by Crippen LogP contribution is -2.39. The van der Waals surface area contributed by atoms with Crippen molar-refractivity contribution in [1.82, 2.24) is 4.90 Å². The van der Waals surface area contributed by atoms with Crippen molar-refractivity contribution >= 4 is 0 Å². The van der Waals surface area contributed by atoms with Crippen LogP contribution in [0, 0.1) is 5.92 Å². The van der Waals surface area contributed by atoms with Crippen molar-refractivity contribution in [2.45, 2.75) is 19.9 Å². The maximum atomic E-state index is 9.09. The largest absolute Gasteiger partial charge is 0.395 e. The van der Waals surface area contributed by atoms with Crippen LogP contribution in [0.25, 0.3) is 0 Å². The lowest BCUT2D eigenvalue weighted by atomic mass is 10.0. The lowest BCUT2D eigenvalue weighted by molar-refractivity contribution is 0.116. The fraction of sp³-hybridized carbons (Fsp3) is 0.778. The van der Waals surface area contributed by atoms with Gasteiger partial charge in [-0.3, -0.25) is 4.90 Å². The molecule has 0 aromatic rings. The van der Waals surface area contributed by atoms with E-state index in [1.54, 1.807) is 0 Å². The average Bonchev–Trinajstić information content (AvgIpc) is 2.40. The monoisotopic (exact) mass is 155 g/mol. The van der Waals surface area contributed by atoms with Crippen molar-refractivity contribution in [3.05, 3.63) is 12.2 Å². The highest BCUT2D eigenvalue weighted by molar-refractivity contribution is 4.97. The Morgan fingerprint density at radius 1 is 1.36 bits per heavy atom. The number of hydrogen-bond donors (Lipinski definition) is 1. The van der Waals surface area contributed by atoms with Gasteiger partial charge in [0.1, 0.15) is 0 Å². The van der Waals surface area contributed by atoms with Gasteiger partial charge in [0.05, 0.1) is 6.61 Å². The van der Waals surface area contributed by atoms with Crippen LogP contribution >= 0.6 is 0 Å². The van der Waals surface area contributed by atoms with Gasteiger partial charge in [-0.1, -0.05) is 26.0 Å². The zero-order valence-electron chi connectivity index (χ0n) is 7.33. The van der Waals surface area contributed by atoms with Gasteiger partial charge < -0.3 is 5.11 Å². The van der Waals surface area contributed by atoms with Gasteiger partial charge in [0.25, 0.3) is 0 Å². The van der Waals surface area contributed by atoms with Gasteiger partial charge in [-0.15, -0.1) is 0 Å². The highest BCUT2D eigenvalue weighted by Gasteiger charge is 2.20. The predicted molar refractivity (Wildman–Crippen MR) is 46.4 cm³/mol. The summed E-state index contributed by atoms with van der Waals surface area (Å²) < 4.78 is 0. The third-order valence-corrected chi connectivity index (χ3v) is 2.27. The molecule has 0 aromatic carbocycles. The average molecular weight is 155 g/mol. The molecule has 0 spiro atoms. The number of aliphatic hydroxyl groups is 1. The molecule has 1 aliphatic heterocycles. The second kappa shape index (κ2) is 3.88. The SMILES string of the molecule is CC(C)[C@H](CO)N1CC=CC1. The first-order valence-electron chi connectivity index (χ1n) is 4.25. The molecule has 0 aromatic heterocycles. The Bertz CT molecular complexity index is 134. The van der Waals surface area contributed by atoms with Gasteiger partial charge in [-0.25, -0.2) is 0 Å². The standard InChI is InChI=1S/C9H17NO/c1-8(2)9(7-11)10-5-3-4-6-10/h3-4,8-9,11H,5-7H2,1-2H3/t9-/m0/s1. The molecule has 1 aliphatic rings. The number of nitrogens with zero attached hydrogens (tertiary/aromatic N) is 1. The molecule has 0 saturated heterocycles. The molecule has 1 N–H and O–H groups in total. The van der Waals surface area contributed by atoms with Gasteiger partial charge in [0, 0.05) is 19.1 Å². The summed E-state index contributed by atoms with van der Waals surface area (Å²) in [7, 11) is 0. The van der Waals surface area contributed by atoms with E-state index >= 15 is 0 Å². The predicted octanol–water partition coefficient (Wildman–Crippen LogP) is 0.875. The summed E-state index contributed by atoms with van der Waals surface area (Å²) in [5.74, 6) is 0.542. The van der Waals surface area contributed by atoms with Crippen molar-refractivity contribution < 1.29 is 5.11 Å². The highest BCUT2D eigenvalue weighted by atomic mass is 16.3. The summed E-state index contributed by atoms with van der Waals surface area (Å²) in [6.07, 6.45) is 4.32. The molecule has 0 radical (unpaired) electrons. The van der Waals surface area contributed by atoms with Crippen LogP contribution in [0.15, 0.2) is 12.2 Å². The molecule has 0 amide bonds. The number of rotatable bonds is 3. The number of aliphatic hydroxyl groups excluding tert-OH is 1. The van der Waals surface area contributed by atoms with Gasteiger partial charge >= 0.3 is 0 Å². The minimum atomic E-state index is 0.277. The fourth-order valence-corrected chi connectivity index (χ4v) is 1.51. The maximum Gasteiger partial charge on any atom is 0.0589 e. The number of hydrogen-bond acceptors (Lipinski definition) is 2. The third-order valence-electron chi connectivity index (χ3n) is 2.27. The summed E-state index contributed by atoms with van der Waals surface area (Å²) in [4.78, 5) is 2.30. The Kier molecular flexibility index (Phi) is 3.09. The topological polar surface area (TPSA) is 23.5 Å². The van der Waals surface area contributed by atoms with Crippen molar-refractivity contribution in [3.8, 4) is 0 Å². The normalized spacial score (nSPS) is 21.5. The highest BCUT2D eigenvalue weighted by Crippen LogP contribution is 2.12. The van der Waals surface area contributed by atoms with E-state index in [2.05, 4.69) is 30.9 Å². The first-order valence-corrected chi connectivity index (χ1v) is 4.25. The Hall–Kier alpha value is -0.340. The molecule has 2 nitrogen and oxygen atoms in total. The summed E-state index contributed by atoms with van der Waals surface area (Å²) in [5.41, 5.74) is 0. The van der Waals surface area contributed by atoms with E-state index in [0.29, 0.717) is 12.0 Å². The molecule has 2 heteroatoms. The minimum absolute atomic E-state index is 0.277. The summed E-state index contributed by atoms with van der Waals surface area (Å²) in [5, 5.41) is 9.09. The minimum Gasteiger partial charge on any atom is -0.395 e. The Balaban J connectivity index is 2.42. The molecule has 0 aliphatic carbocycles. The molecule has 0 bridgehead atoms. The van der Waals surface area contributed by atoms with Crippen LogP contribution < -0.4 is 0 Å². The fourth-order valence-electron chi connectivity index (χ4n) is 1.51. The molecule has 1 heterocycles. The molecule has 0 saturated carbocycles. The van der Waals surface area contributed by atoms with E-state index in [-0.39, 0.29) is 6.61 Å². The molecule has 64 valence electrons. The Morgan fingerprint density at radius 2 is 1.91 bits per heavy atom. The zero-order chi connectivity index (χ0) is 8.27. The van der Waals surface area contributed by atoms with Crippen molar-refractivity contribution in [2.24, 2.45) is 5.92 Å². The zero-order valence-corrected chi connectivity index (χ0v) is 7.33. The van der Waals surface area contributed by atoms with Crippen LogP contribution in [0.5, 0.6) is 0 Å². The molecule has 1 rings (SSSR count). The first kappa shape index (κ1) is 8.75. The van der Waals surface area contributed by atoms with E-state index < -0.39 is 0 Å². The van der Waals surface area contributed by atoms with Crippen LogP contribution in [0.2, 0.25) is 0 Å². The van der Waals surface area contributed by atoms with Crippen molar-refractivity contribution in [2.75, 3.05) is 19.7 Å². The summed E-state index contributed by atoms with van der Waals surface area (Å²) >= 11 is 0. The van der Waals surface area contributed by atoms with E-state index in [1.807, 2.05) is 0 Å². The van der Waals surface area contributed by atoms with Gasteiger partial charge in [-0.05, 0) is 5.92 Å². The second-order valence-electron chi connectivity index (χ2n) is 3.42. The quantitative estimate of drug-likeness (QED) is 0.611. The maximum absolute atomic E-state index is 9.09. The smallest absolute Gasteiger partial charge is 0.0589 e. The van der Waals surface area contributed by atoms with Crippen LogP contribution in [0.3, 0.4) is 0 Å². The lowest BCUT2D eigenvalue weighted by Gasteiger charge is -2.28. The van der Waals surface area contributed by atoms with Gasteiger partial charge in [0.15, 0.2) is 0 Å². The molecular weight excluding hydrogens is 138 g/mol. The van der Waals surface area contributed by atoms with Crippen LogP contribution in [0.1, 0.15) is 13.8 Å². The van der Waals surface area contributed by atoms with Crippen LogP contribution in [-0.4, -0.2) is 35.7 Å². The molecule has 0 unspecified atom stereocenters. The third kappa shape index (κ3) is 2.04. The van der Waals surface area contributed by atoms with Crippen LogP contribution in [-0.2, 0) is 0 Å². The van der Waals surface area contributed by atoms with E-state index in [9.17, 15) is 0 Å². The Morgan fingerprint density at radius 3 is 2.27 bits per heavy atom. The molecular formula is C9H17NO. The van der Waals surface area contributed by atoms with Crippen LogP contribution in [0.4, 0.5) is 0 Å². The molecule has 11 heavy (non-hydrogen) atoms.